The molecule has 1 unspecified atom stereocenters. The Kier molecular flexibility index (Phi) is 24.6. The number of ether oxygens (including phenoxy) is 1. The molecule has 0 spiro atoms. The summed E-state index contributed by atoms with van der Waals surface area (Å²) in [7, 11) is 3.25. The smallest absolute Gasteiger partial charge is 0.141 e. The first kappa shape index (κ1) is 20.9. The van der Waals surface area contributed by atoms with Crippen molar-refractivity contribution >= 4 is 6.29 Å². The number of carbonyl (C=O) groups excluding carboxylic acids is 1. The normalized spacial score (nSPS) is 11.5. The number of methoxy groups -OCH3 is 1. The van der Waals surface area contributed by atoms with Crippen molar-refractivity contribution in [1.29, 1.82) is 0 Å². The lowest BCUT2D eigenvalue weighted by atomic mass is 10.1. The van der Waals surface area contributed by atoms with Crippen LogP contribution in [0.25, 0.3) is 0 Å². The third-order valence-corrected chi connectivity index (χ3v) is 1.27. The third kappa shape index (κ3) is 17.2. The lowest BCUT2D eigenvalue weighted by molar-refractivity contribution is -0.108. The Balaban J connectivity index is -0.000000337. The van der Waals surface area contributed by atoms with Crippen LogP contribution in [-0.4, -0.2) is 26.5 Å². The Hall–Kier alpha value is -1.45. The van der Waals surface area contributed by atoms with Crippen LogP contribution in [0.3, 0.4) is 0 Å². The second kappa shape index (κ2) is 20.0. The van der Waals surface area contributed by atoms with Crippen LogP contribution in [0.4, 0.5) is 0 Å². The second-order valence-electron chi connectivity index (χ2n) is 2.57. The van der Waals surface area contributed by atoms with E-state index >= 15 is 0 Å². The summed E-state index contributed by atoms with van der Waals surface area (Å²) < 4.78 is 4.25. The van der Waals surface area contributed by atoms with E-state index in [1.165, 1.54) is 0 Å². The summed E-state index contributed by atoms with van der Waals surface area (Å²) in [5, 5.41) is 0. The Bertz CT molecular complexity index is 243. The van der Waals surface area contributed by atoms with Gasteiger partial charge in [0.15, 0.2) is 0 Å². The molecule has 3 heteroatoms. The maximum Gasteiger partial charge on any atom is 0.141 e. The average molecular weight is 239 g/mol. The topological polar surface area (TPSA) is 52.3 Å². The molecule has 0 aliphatic rings. The molecule has 0 heterocycles. The molecule has 0 amide bonds. The second-order valence-corrected chi connectivity index (χ2v) is 2.57. The van der Waals surface area contributed by atoms with Gasteiger partial charge in [-0.15, -0.1) is 0 Å². The van der Waals surface area contributed by atoms with E-state index in [1.54, 1.807) is 44.6 Å². The van der Waals surface area contributed by atoms with Gasteiger partial charge in [-0.3, -0.25) is 0 Å². The molecule has 0 aliphatic heterocycles. The van der Waals surface area contributed by atoms with Gasteiger partial charge in [-0.05, 0) is 5.57 Å². The highest BCUT2D eigenvalue weighted by molar-refractivity contribution is 5.65. The van der Waals surface area contributed by atoms with Crippen LogP contribution >= 0.6 is 0 Å². The number of hydrogen-bond donors (Lipinski definition) is 1. The van der Waals surface area contributed by atoms with E-state index in [1.807, 2.05) is 13.8 Å². The van der Waals surface area contributed by atoms with Gasteiger partial charge in [-0.1, -0.05) is 57.4 Å². The van der Waals surface area contributed by atoms with Crippen LogP contribution in [0.1, 0.15) is 13.8 Å². The van der Waals surface area contributed by atoms with Crippen LogP contribution in [0.2, 0.25) is 0 Å². The van der Waals surface area contributed by atoms with Crippen molar-refractivity contribution in [2.75, 3.05) is 14.2 Å². The van der Waals surface area contributed by atoms with Gasteiger partial charge < -0.3 is 15.3 Å². The molecule has 98 valence electrons. The third-order valence-electron chi connectivity index (χ3n) is 1.27. The molecular weight excluding hydrogens is 214 g/mol. The van der Waals surface area contributed by atoms with E-state index in [0.717, 1.165) is 5.57 Å². The highest BCUT2D eigenvalue weighted by atomic mass is 16.4. The zero-order valence-corrected chi connectivity index (χ0v) is 11.3. The maximum atomic E-state index is 10.3. The van der Waals surface area contributed by atoms with Gasteiger partial charge >= 0.3 is 0 Å². The van der Waals surface area contributed by atoms with E-state index < -0.39 is 6.04 Å². The van der Waals surface area contributed by atoms with Crippen LogP contribution in [0.15, 0.2) is 49.1 Å². The first-order valence-electron chi connectivity index (χ1n) is 5.40. The number of allylic oxidation sites excluding steroid dienone is 4. The van der Waals surface area contributed by atoms with Crippen molar-refractivity contribution in [1.82, 2.24) is 0 Å². The highest BCUT2D eigenvalue weighted by Gasteiger charge is 2.01. The largest absolute Gasteiger partial charge is 0.388 e. The van der Waals surface area contributed by atoms with Crippen LogP contribution in [0, 0.1) is 0 Å². The standard InChI is InChI=1S/C10H13NO.C2H6O.C2H6/c1-3-5-7-9(6-4-2)10(11)8-12;1-3-2;1-2/h3-8,10H,1-2,11H2;1-2H3;1-2H3/b7-5-,9-6+;;. The van der Waals surface area contributed by atoms with Crippen molar-refractivity contribution in [2.24, 2.45) is 5.73 Å². The number of rotatable bonds is 5. The molecule has 0 rings (SSSR count). The summed E-state index contributed by atoms with van der Waals surface area (Å²) >= 11 is 0. The Morgan fingerprint density at radius 1 is 1.24 bits per heavy atom. The molecule has 0 aromatic carbocycles. The van der Waals surface area contributed by atoms with E-state index in [0.29, 0.717) is 6.29 Å². The van der Waals surface area contributed by atoms with E-state index in [4.69, 9.17) is 5.73 Å². The summed E-state index contributed by atoms with van der Waals surface area (Å²) in [6.07, 6.45) is 9.04. The SMILES string of the molecule is C=C/C=C\C(=C/C=C)C(N)C=O.CC.COC. The Morgan fingerprint density at radius 3 is 2.00 bits per heavy atom. The summed E-state index contributed by atoms with van der Waals surface area (Å²) in [6.45, 7) is 11.0. The fourth-order valence-electron chi connectivity index (χ4n) is 0.672. The van der Waals surface area contributed by atoms with Crippen molar-refractivity contribution in [3.05, 3.63) is 49.1 Å². The van der Waals surface area contributed by atoms with Crippen molar-refractivity contribution in [2.45, 2.75) is 19.9 Å². The number of carbonyl (C=O) groups is 1. The molecule has 0 saturated heterocycles. The van der Waals surface area contributed by atoms with Crippen molar-refractivity contribution in [3.8, 4) is 0 Å². The molecule has 3 nitrogen and oxygen atoms in total. The summed E-state index contributed by atoms with van der Waals surface area (Å²) in [4.78, 5) is 10.3. The molecule has 0 saturated carbocycles. The molecule has 0 fully saturated rings. The Morgan fingerprint density at radius 2 is 1.71 bits per heavy atom. The van der Waals surface area contributed by atoms with E-state index in [9.17, 15) is 4.79 Å². The summed E-state index contributed by atoms with van der Waals surface area (Å²) in [5.74, 6) is 0. The minimum atomic E-state index is -0.584. The molecule has 2 N–H and O–H groups in total. The summed E-state index contributed by atoms with van der Waals surface area (Å²) in [5.41, 5.74) is 6.20. The minimum absolute atomic E-state index is 0.584. The predicted octanol–water partition coefficient (Wildman–Crippen LogP) is 2.66. The maximum absolute atomic E-state index is 10.3. The molecular formula is C14H25NO2. The molecule has 0 aromatic rings. The molecule has 0 bridgehead atoms. The molecule has 0 aromatic heterocycles. The van der Waals surface area contributed by atoms with Crippen molar-refractivity contribution < 1.29 is 9.53 Å². The van der Waals surface area contributed by atoms with Crippen LogP contribution in [-0.2, 0) is 9.53 Å². The first-order chi connectivity index (χ1) is 8.17. The van der Waals surface area contributed by atoms with Gasteiger partial charge in [0.2, 0.25) is 0 Å². The molecule has 0 aliphatic carbocycles. The molecule has 0 radical (unpaired) electrons. The van der Waals surface area contributed by atoms with Gasteiger partial charge in [0.25, 0.3) is 0 Å². The quantitative estimate of drug-likeness (QED) is 0.593. The van der Waals surface area contributed by atoms with Gasteiger partial charge in [-0.2, -0.15) is 0 Å². The van der Waals surface area contributed by atoms with Gasteiger partial charge in [0.1, 0.15) is 6.29 Å². The van der Waals surface area contributed by atoms with Crippen molar-refractivity contribution in [3.63, 3.8) is 0 Å². The zero-order chi connectivity index (χ0) is 14.1. The molecule has 17 heavy (non-hydrogen) atoms. The van der Waals surface area contributed by atoms with Gasteiger partial charge in [0, 0.05) is 14.2 Å². The molecule has 1 atom stereocenters. The fraction of sp³-hybridized carbons (Fsp3) is 0.357. The average Bonchev–Trinajstić information content (AvgIpc) is 2.37. The zero-order valence-electron chi connectivity index (χ0n) is 11.3. The van der Waals surface area contributed by atoms with Gasteiger partial charge in [-0.25, -0.2) is 0 Å². The van der Waals surface area contributed by atoms with Crippen LogP contribution < -0.4 is 5.73 Å². The fourth-order valence-corrected chi connectivity index (χ4v) is 0.672. The number of nitrogens with two attached hydrogens (primary N) is 1. The van der Waals surface area contributed by atoms with E-state index in [-0.39, 0.29) is 0 Å². The lowest BCUT2D eigenvalue weighted by Crippen LogP contribution is -2.22. The van der Waals surface area contributed by atoms with Gasteiger partial charge in [0.05, 0.1) is 6.04 Å². The summed E-state index contributed by atoms with van der Waals surface area (Å²) in [6, 6.07) is -0.584. The highest BCUT2D eigenvalue weighted by Crippen LogP contribution is 2.00. The first-order valence-corrected chi connectivity index (χ1v) is 5.40. The lowest BCUT2D eigenvalue weighted by Gasteiger charge is -2.02. The minimum Gasteiger partial charge on any atom is -0.388 e. The van der Waals surface area contributed by atoms with E-state index in [2.05, 4.69) is 17.9 Å². The Labute approximate surface area is 105 Å². The number of hydrogen-bond acceptors (Lipinski definition) is 3. The predicted molar refractivity (Wildman–Crippen MR) is 75.9 cm³/mol. The van der Waals surface area contributed by atoms with Crippen LogP contribution in [0.5, 0.6) is 0 Å². The number of aldehydes is 1. The monoisotopic (exact) mass is 239 g/mol.